The summed E-state index contributed by atoms with van der Waals surface area (Å²) in [5.74, 6) is -2.78. The van der Waals surface area contributed by atoms with E-state index in [1.807, 2.05) is 0 Å². The van der Waals surface area contributed by atoms with Crippen molar-refractivity contribution >= 4 is 31.5 Å². The molecule has 1 fully saturated rings. The summed E-state index contributed by atoms with van der Waals surface area (Å²) >= 11 is 0. The van der Waals surface area contributed by atoms with E-state index in [0.717, 1.165) is 50.7 Å². The van der Waals surface area contributed by atoms with Crippen molar-refractivity contribution in [1.82, 2.24) is 0 Å². The van der Waals surface area contributed by atoms with Crippen LogP contribution in [0.1, 0.15) is 142 Å². The van der Waals surface area contributed by atoms with Gasteiger partial charge in [-0.3, -0.25) is 23.4 Å². The highest BCUT2D eigenvalue weighted by Gasteiger charge is 2.51. The van der Waals surface area contributed by atoms with Crippen LogP contribution in [0.5, 0.6) is 0 Å². The molecule has 0 heterocycles. The second-order valence-corrected chi connectivity index (χ2v) is 15.7. The van der Waals surface area contributed by atoms with Gasteiger partial charge in [-0.2, -0.15) is 0 Å². The maximum Gasteiger partial charge on any atom is 0.472 e. The lowest BCUT2D eigenvalue weighted by Crippen LogP contribution is -2.64. The van der Waals surface area contributed by atoms with Crippen molar-refractivity contribution in [3.63, 3.8) is 0 Å². The molecule has 0 aromatic rings. The Morgan fingerprint density at radius 3 is 1.61 bits per heavy atom. The summed E-state index contributed by atoms with van der Waals surface area (Å²) in [6, 6.07) is 0. The van der Waals surface area contributed by atoms with Gasteiger partial charge in [0.15, 0.2) is 11.9 Å². The number of phosphoric acid groups is 1. The second-order valence-electron chi connectivity index (χ2n) is 14.3. The number of rotatable bonds is 33. The van der Waals surface area contributed by atoms with Crippen LogP contribution in [0.4, 0.5) is 0 Å². The van der Waals surface area contributed by atoms with Crippen molar-refractivity contribution in [3.8, 4) is 0 Å². The number of carbonyl (C=O) groups is 4. The van der Waals surface area contributed by atoms with E-state index in [4.69, 9.17) is 23.6 Å². The van der Waals surface area contributed by atoms with Gasteiger partial charge in [-0.25, -0.2) is 9.36 Å². The zero-order chi connectivity index (χ0) is 41.8. The highest BCUT2D eigenvalue weighted by atomic mass is 31.2. The van der Waals surface area contributed by atoms with E-state index in [9.17, 15) is 54.2 Å². The molecule has 1 aliphatic rings. The number of phosphoric ester groups is 1. The molecule has 0 amide bonds. The van der Waals surface area contributed by atoms with Crippen LogP contribution in [0.3, 0.4) is 0 Å². The predicted octanol–water partition coefficient (Wildman–Crippen LogP) is 4.74. The number of aliphatic hydroxyl groups is 5. The maximum absolute atomic E-state index is 12.7. The number of hydrogen-bond acceptors (Lipinski definition) is 14. The number of carboxylic acids is 1. The number of esters is 2. The molecule has 0 aromatic heterocycles. The number of ketones is 1. The minimum atomic E-state index is -5.17. The van der Waals surface area contributed by atoms with E-state index in [2.05, 4.69) is 19.1 Å². The van der Waals surface area contributed by atoms with Gasteiger partial charge in [0, 0.05) is 25.3 Å². The molecule has 324 valence electrons. The van der Waals surface area contributed by atoms with Crippen molar-refractivity contribution in [3.05, 3.63) is 24.3 Å². The smallest absolute Gasteiger partial charge is 0.472 e. The Labute approximate surface area is 330 Å². The number of aliphatic carboxylic acids is 1. The SMILES string of the molecule is CCCCCCCC/C=C\CCCCCCCC(=O)OC[C@H](COP(=O)(O)OC1C(O)C(O)C(O)[C@@H](O)C1O)OC(=O)CCCCCCCC(=O)/C=C/C(=O)O. The second kappa shape index (κ2) is 30.5. The van der Waals surface area contributed by atoms with E-state index < -0.39 is 81.7 Å². The van der Waals surface area contributed by atoms with Crippen LogP contribution in [-0.2, 0) is 42.3 Å². The van der Waals surface area contributed by atoms with Crippen LogP contribution in [0.25, 0.3) is 0 Å². The fourth-order valence-corrected chi connectivity index (χ4v) is 6.96. The molecular formula is C39H67O16P. The molecule has 1 saturated carbocycles. The van der Waals surface area contributed by atoms with Gasteiger partial charge < -0.3 is 45.0 Å². The number of unbranched alkanes of at least 4 members (excludes halogenated alkanes) is 15. The van der Waals surface area contributed by atoms with Crippen molar-refractivity contribution in [2.75, 3.05) is 13.2 Å². The zero-order valence-corrected chi connectivity index (χ0v) is 33.8. The first-order valence-electron chi connectivity index (χ1n) is 20.2. The van der Waals surface area contributed by atoms with E-state index in [1.165, 1.54) is 38.5 Å². The van der Waals surface area contributed by atoms with Crippen molar-refractivity contribution < 1.29 is 77.8 Å². The van der Waals surface area contributed by atoms with Gasteiger partial charge in [0.1, 0.15) is 43.2 Å². The third-order valence-corrected chi connectivity index (χ3v) is 10.3. The first-order chi connectivity index (χ1) is 26.7. The van der Waals surface area contributed by atoms with E-state index >= 15 is 0 Å². The summed E-state index contributed by atoms with van der Waals surface area (Å²) in [4.78, 5) is 57.5. The lowest BCUT2D eigenvalue weighted by Gasteiger charge is -2.41. The fourth-order valence-electron chi connectivity index (χ4n) is 5.99. The molecule has 0 bridgehead atoms. The Morgan fingerprint density at radius 1 is 0.607 bits per heavy atom. The molecule has 0 aliphatic heterocycles. The van der Waals surface area contributed by atoms with Gasteiger partial charge in [-0.1, -0.05) is 89.7 Å². The summed E-state index contributed by atoms with van der Waals surface area (Å²) in [6.07, 6.45) is 10.3. The van der Waals surface area contributed by atoms with Crippen LogP contribution in [0.2, 0.25) is 0 Å². The Balaban J connectivity index is 2.53. The molecule has 17 heteroatoms. The van der Waals surface area contributed by atoms with Crippen LogP contribution in [-0.4, -0.2) is 115 Å². The third kappa shape index (κ3) is 24.3. The lowest BCUT2D eigenvalue weighted by atomic mass is 9.85. The average molecular weight is 823 g/mol. The highest BCUT2D eigenvalue weighted by molar-refractivity contribution is 7.47. The van der Waals surface area contributed by atoms with E-state index in [1.54, 1.807) is 0 Å². The third-order valence-electron chi connectivity index (χ3n) is 9.34. The molecule has 56 heavy (non-hydrogen) atoms. The molecule has 8 atom stereocenters. The van der Waals surface area contributed by atoms with Crippen LogP contribution < -0.4 is 0 Å². The summed E-state index contributed by atoms with van der Waals surface area (Å²) in [6.45, 7) is 0.891. The maximum atomic E-state index is 12.7. The standard InChI is InChI=1S/C39H67O16P/c1-2-3-4-5-6-7-8-9-10-11-12-13-14-17-20-23-32(43)52-27-30(54-33(44)24-21-18-15-16-19-22-29(40)25-26-31(41)42)28-53-56(50,51)55-39-37(48)35(46)34(45)36(47)38(39)49/h9-10,25-26,30,34-39,45-49H,2-8,11-24,27-28H2,1H3,(H,41,42)(H,50,51)/b10-9-,26-25+/t30-,34?,35-,36?,37?,38?,39?/m1/s1. The molecule has 0 aromatic carbocycles. The minimum Gasteiger partial charge on any atom is -0.478 e. The molecule has 16 nitrogen and oxygen atoms in total. The molecule has 0 spiro atoms. The quantitative estimate of drug-likeness (QED) is 0.0155. The average Bonchev–Trinajstić information content (AvgIpc) is 3.16. The van der Waals surface area contributed by atoms with Crippen LogP contribution >= 0.6 is 7.82 Å². The number of carbonyl (C=O) groups excluding carboxylic acids is 3. The van der Waals surface area contributed by atoms with Crippen molar-refractivity contribution in [2.24, 2.45) is 0 Å². The number of allylic oxidation sites excluding steroid dienone is 3. The van der Waals surface area contributed by atoms with Crippen LogP contribution in [0.15, 0.2) is 24.3 Å². The topological polar surface area (TPSA) is 264 Å². The monoisotopic (exact) mass is 822 g/mol. The van der Waals surface area contributed by atoms with Gasteiger partial charge in [0.05, 0.1) is 6.61 Å². The predicted molar refractivity (Wildman–Crippen MR) is 205 cm³/mol. The van der Waals surface area contributed by atoms with Gasteiger partial charge in [0.25, 0.3) is 0 Å². The molecule has 7 N–H and O–H groups in total. The van der Waals surface area contributed by atoms with E-state index in [0.29, 0.717) is 38.5 Å². The number of hydrogen-bond donors (Lipinski definition) is 7. The Hall–Kier alpha value is -2.53. The first kappa shape index (κ1) is 51.5. The Kier molecular flexibility index (Phi) is 28.1. The lowest BCUT2D eigenvalue weighted by molar-refractivity contribution is -0.220. The first-order valence-corrected chi connectivity index (χ1v) is 21.7. The normalized spacial score (nSPS) is 22.9. The fraction of sp³-hybridized carbons (Fsp3) is 0.795. The summed E-state index contributed by atoms with van der Waals surface area (Å²) in [5, 5.41) is 58.5. The van der Waals surface area contributed by atoms with Crippen molar-refractivity contribution in [1.29, 1.82) is 0 Å². The minimum absolute atomic E-state index is 0.0501. The molecule has 0 radical (unpaired) electrons. The number of aliphatic hydroxyl groups excluding tert-OH is 5. The van der Waals surface area contributed by atoms with Gasteiger partial charge in [-0.15, -0.1) is 0 Å². The van der Waals surface area contributed by atoms with Gasteiger partial charge in [-0.05, 0) is 51.0 Å². The van der Waals surface area contributed by atoms with E-state index in [-0.39, 0.29) is 25.0 Å². The summed E-state index contributed by atoms with van der Waals surface area (Å²) in [7, 11) is -5.17. The van der Waals surface area contributed by atoms with Crippen LogP contribution in [0, 0.1) is 0 Å². The number of ether oxygens (including phenoxy) is 2. The van der Waals surface area contributed by atoms with Crippen molar-refractivity contribution in [2.45, 2.75) is 184 Å². The largest absolute Gasteiger partial charge is 0.478 e. The molecule has 1 rings (SSSR count). The number of carboxylic acid groups (broad SMARTS) is 1. The van der Waals surface area contributed by atoms with Gasteiger partial charge >= 0.3 is 25.7 Å². The molecule has 6 unspecified atom stereocenters. The molecule has 0 saturated heterocycles. The summed E-state index contributed by atoms with van der Waals surface area (Å²) < 4.78 is 33.1. The molecular weight excluding hydrogens is 755 g/mol. The van der Waals surface area contributed by atoms with Gasteiger partial charge in [0.2, 0.25) is 0 Å². The summed E-state index contributed by atoms with van der Waals surface area (Å²) in [5.41, 5.74) is 0. The highest BCUT2D eigenvalue weighted by Crippen LogP contribution is 2.47. The Bertz CT molecular complexity index is 1210. The Morgan fingerprint density at radius 2 is 1.07 bits per heavy atom. The molecule has 1 aliphatic carbocycles. The zero-order valence-electron chi connectivity index (χ0n) is 32.9.